The lowest BCUT2D eigenvalue weighted by Crippen LogP contribution is -2.45. The fourth-order valence-electron chi connectivity index (χ4n) is 3.10. The monoisotopic (exact) mass is 372 g/mol. The van der Waals surface area contributed by atoms with Crippen LogP contribution in [0.5, 0.6) is 5.75 Å². The van der Waals surface area contributed by atoms with Gasteiger partial charge in [-0.3, -0.25) is 4.90 Å². The first kappa shape index (κ1) is 18.6. The third-order valence-corrected chi connectivity index (χ3v) is 4.20. The number of rotatable bonds is 4. The fourth-order valence-corrected chi connectivity index (χ4v) is 3.10. The molecule has 3 nitrogen and oxygen atoms in total. The van der Waals surface area contributed by atoms with Gasteiger partial charge in [-0.15, -0.1) is 13.2 Å². The van der Waals surface area contributed by atoms with Gasteiger partial charge in [-0.25, -0.2) is 8.78 Å². The third kappa shape index (κ3) is 4.50. The van der Waals surface area contributed by atoms with Gasteiger partial charge in [0.25, 0.3) is 0 Å². The molecule has 0 aliphatic carbocycles. The summed E-state index contributed by atoms with van der Waals surface area (Å²) in [5.74, 6) is -1.50. The topological polar surface area (TPSA) is 24.5 Å². The van der Waals surface area contributed by atoms with Gasteiger partial charge in [0, 0.05) is 31.7 Å². The van der Waals surface area contributed by atoms with Crippen molar-refractivity contribution in [2.24, 2.45) is 0 Å². The summed E-state index contributed by atoms with van der Waals surface area (Å²) in [6, 6.07) is 7.85. The van der Waals surface area contributed by atoms with Crippen molar-refractivity contribution in [1.82, 2.24) is 10.2 Å². The van der Waals surface area contributed by atoms with E-state index in [9.17, 15) is 22.0 Å². The molecule has 1 fully saturated rings. The van der Waals surface area contributed by atoms with E-state index in [1.807, 2.05) is 4.90 Å². The first-order valence-electron chi connectivity index (χ1n) is 8.09. The van der Waals surface area contributed by atoms with Gasteiger partial charge in [0.15, 0.2) is 0 Å². The Morgan fingerprint density at radius 2 is 1.62 bits per heavy atom. The van der Waals surface area contributed by atoms with Gasteiger partial charge >= 0.3 is 6.36 Å². The quantitative estimate of drug-likeness (QED) is 0.825. The van der Waals surface area contributed by atoms with Gasteiger partial charge in [-0.1, -0.05) is 12.1 Å². The molecule has 140 valence electrons. The summed E-state index contributed by atoms with van der Waals surface area (Å²) in [5.41, 5.74) is 0.710. The van der Waals surface area contributed by atoms with E-state index < -0.39 is 24.0 Å². The highest BCUT2D eigenvalue weighted by molar-refractivity contribution is 5.36. The van der Waals surface area contributed by atoms with E-state index >= 15 is 0 Å². The Labute approximate surface area is 147 Å². The van der Waals surface area contributed by atoms with Gasteiger partial charge in [0.05, 0.1) is 6.04 Å². The van der Waals surface area contributed by atoms with Gasteiger partial charge in [0.1, 0.15) is 17.4 Å². The first-order chi connectivity index (χ1) is 12.3. The smallest absolute Gasteiger partial charge is 0.406 e. The van der Waals surface area contributed by atoms with Crippen molar-refractivity contribution < 1.29 is 26.7 Å². The average molecular weight is 372 g/mol. The number of halogens is 5. The van der Waals surface area contributed by atoms with E-state index in [2.05, 4.69) is 10.1 Å². The Morgan fingerprint density at radius 3 is 2.23 bits per heavy atom. The van der Waals surface area contributed by atoms with Gasteiger partial charge < -0.3 is 10.1 Å². The van der Waals surface area contributed by atoms with Crippen LogP contribution in [0.3, 0.4) is 0 Å². The maximum absolute atomic E-state index is 14.4. The van der Waals surface area contributed by atoms with Gasteiger partial charge in [-0.05, 0) is 35.9 Å². The van der Waals surface area contributed by atoms with E-state index in [1.54, 1.807) is 0 Å². The Bertz CT molecular complexity index is 742. The summed E-state index contributed by atoms with van der Waals surface area (Å²) in [6.45, 7) is 2.56. The van der Waals surface area contributed by atoms with Crippen LogP contribution in [-0.2, 0) is 0 Å². The molecule has 2 aromatic carbocycles. The highest BCUT2D eigenvalue weighted by Crippen LogP contribution is 2.33. The van der Waals surface area contributed by atoms with Crippen molar-refractivity contribution in [3.8, 4) is 5.75 Å². The Kier molecular flexibility index (Phi) is 5.43. The maximum Gasteiger partial charge on any atom is 0.573 e. The van der Waals surface area contributed by atoms with Crippen LogP contribution in [-0.4, -0.2) is 37.4 Å². The second-order valence-electron chi connectivity index (χ2n) is 5.97. The standard InChI is InChI=1S/C18H17F5N2O/c19-13-3-6-16(20)15(11-13)17(25-9-7-24-8-10-25)12-1-4-14(5-2-12)26-18(21,22)23/h1-6,11,17,24H,7-10H2/t17-/m0/s1. The molecule has 1 saturated heterocycles. The molecule has 0 saturated carbocycles. The lowest BCUT2D eigenvalue weighted by atomic mass is 9.95. The molecule has 0 amide bonds. The number of alkyl halides is 3. The second kappa shape index (κ2) is 7.59. The molecule has 2 aromatic rings. The number of hydrogen-bond acceptors (Lipinski definition) is 3. The molecule has 0 bridgehead atoms. The number of piperazine rings is 1. The molecule has 1 aliphatic rings. The lowest BCUT2D eigenvalue weighted by Gasteiger charge is -2.35. The molecule has 1 aliphatic heterocycles. The number of hydrogen-bond donors (Lipinski definition) is 1. The molecule has 0 radical (unpaired) electrons. The first-order valence-corrected chi connectivity index (χ1v) is 8.09. The van der Waals surface area contributed by atoms with Crippen LogP contribution in [0.2, 0.25) is 0 Å². The number of nitrogens with one attached hydrogen (secondary N) is 1. The summed E-state index contributed by atoms with van der Waals surface area (Å²) in [6.07, 6.45) is -4.78. The highest BCUT2D eigenvalue weighted by Gasteiger charge is 2.31. The normalized spacial score (nSPS) is 17.1. The Morgan fingerprint density at radius 1 is 0.962 bits per heavy atom. The zero-order valence-electron chi connectivity index (χ0n) is 13.7. The van der Waals surface area contributed by atoms with Crippen LogP contribution in [0.25, 0.3) is 0 Å². The van der Waals surface area contributed by atoms with Crippen LogP contribution in [0, 0.1) is 11.6 Å². The van der Waals surface area contributed by atoms with Crippen molar-refractivity contribution >= 4 is 0 Å². The maximum atomic E-state index is 14.4. The number of benzene rings is 2. The van der Waals surface area contributed by atoms with Crippen LogP contribution < -0.4 is 10.1 Å². The molecule has 1 heterocycles. The molecule has 0 aromatic heterocycles. The van der Waals surface area contributed by atoms with Crippen molar-refractivity contribution in [2.45, 2.75) is 12.4 Å². The van der Waals surface area contributed by atoms with E-state index in [0.717, 1.165) is 18.2 Å². The minimum absolute atomic E-state index is 0.149. The zero-order chi connectivity index (χ0) is 18.7. The van der Waals surface area contributed by atoms with E-state index in [1.165, 1.54) is 24.3 Å². The molecule has 8 heteroatoms. The van der Waals surface area contributed by atoms with Gasteiger partial charge in [-0.2, -0.15) is 0 Å². The largest absolute Gasteiger partial charge is 0.573 e. The Balaban J connectivity index is 1.96. The second-order valence-corrected chi connectivity index (χ2v) is 5.97. The fraction of sp³-hybridized carbons (Fsp3) is 0.333. The SMILES string of the molecule is Fc1ccc(F)c([C@H](c2ccc(OC(F)(F)F)cc2)N2CCNCC2)c1. The number of nitrogens with zero attached hydrogens (tertiary/aromatic N) is 1. The van der Waals surface area contributed by atoms with E-state index in [-0.39, 0.29) is 11.3 Å². The number of ether oxygens (including phenoxy) is 1. The predicted molar refractivity (Wildman–Crippen MR) is 85.8 cm³/mol. The van der Waals surface area contributed by atoms with E-state index in [4.69, 9.17) is 0 Å². The summed E-state index contributed by atoms with van der Waals surface area (Å²) in [7, 11) is 0. The Hall–Kier alpha value is -2.19. The molecule has 26 heavy (non-hydrogen) atoms. The summed E-state index contributed by atoms with van der Waals surface area (Å²) >= 11 is 0. The van der Waals surface area contributed by atoms with Gasteiger partial charge in [0.2, 0.25) is 0 Å². The summed E-state index contributed by atoms with van der Waals surface area (Å²) in [4.78, 5) is 1.97. The van der Waals surface area contributed by atoms with Crippen LogP contribution in [0.15, 0.2) is 42.5 Å². The van der Waals surface area contributed by atoms with Crippen LogP contribution >= 0.6 is 0 Å². The minimum Gasteiger partial charge on any atom is -0.406 e. The summed E-state index contributed by atoms with van der Waals surface area (Å²) < 4.78 is 68.9. The molecule has 0 unspecified atom stereocenters. The minimum atomic E-state index is -4.78. The van der Waals surface area contributed by atoms with Crippen LogP contribution in [0.1, 0.15) is 17.2 Å². The van der Waals surface area contributed by atoms with Crippen molar-refractivity contribution in [3.63, 3.8) is 0 Å². The van der Waals surface area contributed by atoms with Crippen molar-refractivity contribution in [3.05, 3.63) is 65.2 Å². The predicted octanol–water partition coefficient (Wildman–Crippen LogP) is 3.86. The van der Waals surface area contributed by atoms with Crippen LogP contribution in [0.4, 0.5) is 22.0 Å². The van der Waals surface area contributed by atoms with Crippen molar-refractivity contribution in [2.75, 3.05) is 26.2 Å². The lowest BCUT2D eigenvalue weighted by molar-refractivity contribution is -0.274. The van der Waals surface area contributed by atoms with E-state index in [0.29, 0.717) is 31.7 Å². The molecular formula is C18H17F5N2O. The molecule has 1 atom stereocenters. The highest BCUT2D eigenvalue weighted by atomic mass is 19.4. The average Bonchev–Trinajstić information content (AvgIpc) is 2.59. The molecular weight excluding hydrogens is 355 g/mol. The third-order valence-electron chi connectivity index (χ3n) is 4.20. The van der Waals surface area contributed by atoms with Crippen molar-refractivity contribution in [1.29, 1.82) is 0 Å². The zero-order valence-corrected chi connectivity index (χ0v) is 13.7. The molecule has 0 spiro atoms. The summed E-state index contributed by atoms with van der Waals surface area (Å²) in [5, 5.41) is 3.18. The molecule has 1 N–H and O–H groups in total. The molecule has 3 rings (SSSR count).